The van der Waals surface area contributed by atoms with Crippen LogP contribution in [0.4, 0.5) is 0 Å². The molecule has 0 bridgehead atoms. The van der Waals surface area contributed by atoms with Crippen LogP contribution in [0.3, 0.4) is 0 Å². The minimum atomic E-state index is -1.92. The quantitative estimate of drug-likeness (QED) is 0.646. The van der Waals surface area contributed by atoms with Gasteiger partial charge in [-0.25, -0.2) is 0 Å². The molecule has 0 radical (unpaired) electrons. The Morgan fingerprint density at radius 3 is 2.60 bits per heavy atom. The predicted molar refractivity (Wildman–Crippen MR) is 69.1 cm³/mol. The standard InChI is InChI=1S/C13H23OP/c1-10-8-11(2)12(3)13(9-10)6-7-15(4,5)14/h6,10-11H,3,7-9H2,1-2,4-5H3/b13-6-/t10-,11-/m0/s1. The SMILES string of the molecule is C=C1/C(=C\CP(C)(C)=O)C[C@@H](C)C[C@@H]1C. The van der Waals surface area contributed by atoms with Crippen molar-refractivity contribution >= 4 is 7.14 Å². The summed E-state index contributed by atoms with van der Waals surface area (Å²) >= 11 is 0. The molecule has 15 heavy (non-hydrogen) atoms. The van der Waals surface area contributed by atoms with Gasteiger partial charge in [0, 0.05) is 6.16 Å². The van der Waals surface area contributed by atoms with E-state index in [1.54, 1.807) is 0 Å². The minimum Gasteiger partial charge on any atom is -0.324 e. The van der Waals surface area contributed by atoms with Gasteiger partial charge in [0.05, 0.1) is 7.14 Å². The van der Waals surface area contributed by atoms with Crippen LogP contribution in [-0.2, 0) is 4.57 Å². The fourth-order valence-corrected chi connectivity index (χ4v) is 2.86. The lowest BCUT2D eigenvalue weighted by Crippen LogP contribution is -2.15. The van der Waals surface area contributed by atoms with Crippen LogP contribution in [0.1, 0.15) is 26.7 Å². The van der Waals surface area contributed by atoms with Gasteiger partial charge in [0.25, 0.3) is 0 Å². The van der Waals surface area contributed by atoms with Gasteiger partial charge in [-0.15, -0.1) is 0 Å². The molecule has 0 amide bonds. The third-order valence-corrected chi connectivity index (χ3v) is 4.17. The number of hydrogen-bond donors (Lipinski definition) is 0. The predicted octanol–water partition coefficient (Wildman–Crippen LogP) is 4.16. The van der Waals surface area contributed by atoms with E-state index >= 15 is 0 Å². The summed E-state index contributed by atoms with van der Waals surface area (Å²) in [6.45, 7) is 12.4. The number of allylic oxidation sites excluding steroid dienone is 3. The molecule has 1 nitrogen and oxygen atoms in total. The Bertz CT molecular complexity index is 321. The highest BCUT2D eigenvalue weighted by molar-refractivity contribution is 7.62. The molecule has 0 spiro atoms. The zero-order valence-corrected chi connectivity index (χ0v) is 11.3. The van der Waals surface area contributed by atoms with E-state index in [0.29, 0.717) is 5.92 Å². The van der Waals surface area contributed by atoms with Crippen molar-refractivity contribution in [1.29, 1.82) is 0 Å². The largest absolute Gasteiger partial charge is 0.324 e. The van der Waals surface area contributed by atoms with Crippen LogP contribution in [0.2, 0.25) is 0 Å². The van der Waals surface area contributed by atoms with Crippen LogP contribution in [-0.4, -0.2) is 19.5 Å². The topological polar surface area (TPSA) is 17.1 Å². The van der Waals surface area contributed by atoms with Crippen LogP contribution in [0, 0.1) is 11.8 Å². The zero-order valence-electron chi connectivity index (χ0n) is 10.4. The minimum absolute atomic E-state index is 0.591. The molecule has 0 aromatic rings. The highest BCUT2D eigenvalue weighted by atomic mass is 31.2. The third-order valence-electron chi connectivity index (χ3n) is 3.11. The van der Waals surface area contributed by atoms with Crippen molar-refractivity contribution in [1.82, 2.24) is 0 Å². The maximum Gasteiger partial charge on any atom is 0.0855 e. The van der Waals surface area contributed by atoms with Gasteiger partial charge in [-0.2, -0.15) is 0 Å². The molecule has 1 rings (SSSR count). The molecule has 1 aliphatic carbocycles. The Hall–Kier alpha value is -0.290. The molecule has 2 atom stereocenters. The fraction of sp³-hybridized carbons (Fsp3) is 0.692. The van der Waals surface area contributed by atoms with Gasteiger partial charge in [0.1, 0.15) is 0 Å². The molecule has 0 heterocycles. The van der Waals surface area contributed by atoms with Crippen molar-refractivity contribution in [2.24, 2.45) is 11.8 Å². The van der Waals surface area contributed by atoms with Crippen molar-refractivity contribution in [3.05, 3.63) is 23.8 Å². The van der Waals surface area contributed by atoms with Crippen molar-refractivity contribution in [3.8, 4) is 0 Å². The lowest BCUT2D eigenvalue weighted by atomic mass is 9.77. The van der Waals surface area contributed by atoms with E-state index in [1.165, 1.54) is 17.6 Å². The van der Waals surface area contributed by atoms with Gasteiger partial charge >= 0.3 is 0 Å². The molecule has 0 unspecified atom stereocenters. The molecule has 0 aromatic heterocycles. The first-order valence-corrected chi connectivity index (χ1v) is 8.50. The van der Waals surface area contributed by atoms with E-state index in [1.807, 2.05) is 13.3 Å². The van der Waals surface area contributed by atoms with Crippen LogP contribution in [0.5, 0.6) is 0 Å². The van der Waals surface area contributed by atoms with Crippen LogP contribution >= 0.6 is 7.14 Å². The Morgan fingerprint density at radius 1 is 1.47 bits per heavy atom. The molecule has 2 heteroatoms. The summed E-state index contributed by atoms with van der Waals surface area (Å²) < 4.78 is 11.7. The summed E-state index contributed by atoms with van der Waals surface area (Å²) in [5.74, 6) is 1.33. The molecule has 1 aliphatic rings. The first kappa shape index (κ1) is 12.8. The second-order valence-electron chi connectivity index (χ2n) is 5.46. The maximum absolute atomic E-state index is 11.7. The number of rotatable bonds is 2. The summed E-state index contributed by atoms with van der Waals surface area (Å²) in [7, 11) is -1.92. The second-order valence-corrected chi connectivity index (χ2v) is 8.97. The van der Waals surface area contributed by atoms with Crippen LogP contribution in [0.15, 0.2) is 23.8 Å². The normalized spacial score (nSPS) is 30.9. The molecular weight excluding hydrogens is 203 g/mol. The van der Waals surface area contributed by atoms with E-state index in [4.69, 9.17) is 0 Å². The molecule has 1 fully saturated rings. The lowest BCUT2D eigenvalue weighted by Gasteiger charge is -2.29. The summed E-state index contributed by atoms with van der Waals surface area (Å²) in [6, 6.07) is 0. The Morgan fingerprint density at radius 2 is 2.07 bits per heavy atom. The van der Waals surface area contributed by atoms with E-state index in [2.05, 4.69) is 26.5 Å². The van der Waals surface area contributed by atoms with Gasteiger partial charge in [0.2, 0.25) is 0 Å². The Kier molecular flexibility index (Phi) is 4.00. The van der Waals surface area contributed by atoms with Crippen LogP contribution < -0.4 is 0 Å². The summed E-state index contributed by atoms with van der Waals surface area (Å²) in [5.41, 5.74) is 2.62. The average Bonchev–Trinajstić information content (AvgIpc) is 2.07. The van der Waals surface area contributed by atoms with E-state index in [-0.39, 0.29) is 0 Å². The molecule has 1 saturated carbocycles. The van der Waals surface area contributed by atoms with Gasteiger partial charge in [-0.05, 0) is 49.2 Å². The second kappa shape index (κ2) is 4.70. The van der Waals surface area contributed by atoms with E-state index in [0.717, 1.165) is 18.5 Å². The highest BCUT2D eigenvalue weighted by Crippen LogP contribution is 2.40. The Balaban J connectivity index is 2.75. The average molecular weight is 226 g/mol. The lowest BCUT2D eigenvalue weighted by molar-refractivity contribution is 0.417. The number of hydrogen-bond acceptors (Lipinski definition) is 1. The van der Waals surface area contributed by atoms with Gasteiger partial charge in [-0.3, -0.25) is 0 Å². The van der Waals surface area contributed by atoms with Crippen LogP contribution in [0.25, 0.3) is 0 Å². The monoisotopic (exact) mass is 226 g/mol. The van der Waals surface area contributed by atoms with Gasteiger partial charge in [0.15, 0.2) is 0 Å². The third kappa shape index (κ3) is 3.99. The first-order chi connectivity index (χ1) is 6.79. The van der Waals surface area contributed by atoms with E-state index < -0.39 is 7.14 Å². The highest BCUT2D eigenvalue weighted by Gasteiger charge is 2.22. The van der Waals surface area contributed by atoms with Gasteiger partial charge < -0.3 is 4.57 Å². The molecular formula is C13H23OP. The van der Waals surface area contributed by atoms with E-state index in [9.17, 15) is 4.57 Å². The molecule has 86 valence electrons. The van der Waals surface area contributed by atoms with Gasteiger partial charge in [-0.1, -0.05) is 26.5 Å². The smallest absolute Gasteiger partial charge is 0.0855 e. The first-order valence-electron chi connectivity index (χ1n) is 5.72. The fourth-order valence-electron chi connectivity index (χ4n) is 2.20. The molecule has 0 aliphatic heterocycles. The molecule has 0 N–H and O–H groups in total. The summed E-state index contributed by atoms with van der Waals surface area (Å²) in [6.07, 6.45) is 5.24. The van der Waals surface area contributed by atoms with Crippen molar-refractivity contribution < 1.29 is 4.57 Å². The van der Waals surface area contributed by atoms with Crippen molar-refractivity contribution in [3.63, 3.8) is 0 Å². The summed E-state index contributed by atoms with van der Waals surface area (Å²) in [4.78, 5) is 0. The molecule has 0 saturated heterocycles. The Labute approximate surface area is 94.0 Å². The summed E-state index contributed by atoms with van der Waals surface area (Å²) in [5, 5.41) is 0. The van der Waals surface area contributed by atoms with Crippen molar-refractivity contribution in [2.45, 2.75) is 26.7 Å². The van der Waals surface area contributed by atoms with Crippen molar-refractivity contribution in [2.75, 3.05) is 19.5 Å². The molecule has 0 aromatic carbocycles. The zero-order chi connectivity index (χ0) is 11.6. The maximum atomic E-state index is 11.7.